The van der Waals surface area contributed by atoms with Crippen LogP contribution >= 0.6 is 0 Å². The topological polar surface area (TPSA) is 40.1 Å². The molecule has 3 heteroatoms. The molecule has 1 aromatic rings. The van der Waals surface area contributed by atoms with E-state index < -0.39 is 5.97 Å². The fourth-order valence-electron chi connectivity index (χ4n) is 2.29. The van der Waals surface area contributed by atoms with Gasteiger partial charge in [-0.3, -0.25) is 0 Å². The van der Waals surface area contributed by atoms with E-state index in [-0.39, 0.29) is 35.5 Å². The number of aryl methyl sites for hydroxylation is 2. The van der Waals surface area contributed by atoms with Crippen LogP contribution in [0.3, 0.4) is 0 Å². The molecule has 0 aliphatic heterocycles. The van der Waals surface area contributed by atoms with Crippen molar-refractivity contribution in [2.75, 3.05) is 0 Å². The Bertz CT molecular complexity index is 390. The fraction of sp³-hybridized carbons (Fsp3) is 0.500. The molecule has 0 bridgehead atoms. The van der Waals surface area contributed by atoms with Crippen molar-refractivity contribution in [1.82, 2.24) is 0 Å². The van der Waals surface area contributed by atoms with Crippen LogP contribution in [0.4, 0.5) is 0 Å². The molecule has 0 radical (unpaired) electrons. The second kappa shape index (κ2) is 6.58. The minimum atomic E-state index is -0.861. The van der Waals surface area contributed by atoms with Crippen LogP contribution in [0.1, 0.15) is 30.4 Å². The van der Waals surface area contributed by atoms with E-state index >= 15 is 0 Å². The van der Waals surface area contributed by atoms with Crippen molar-refractivity contribution < 1.29 is 39.5 Å². The molecule has 0 spiro atoms. The van der Waals surface area contributed by atoms with Gasteiger partial charge in [0.1, 0.15) is 0 Å². The van der Waals surface area contributed by atoms with Gasteiger partial charge in [-0.1, -0.05) is 29.8 Å². The molecule has 1 fully saturated rings. The number of benzene rings is 1. The molecule has 17 heavy (non-hydrogen) atoms. The number of hydrogen-bond donors (Lipinski definition) is 0. The van der Waals surface area contributed by atoms with Gasteiger partial charge < -0.3 is 9.90 Å². The van der Waals surface area contributed by atoms with Gasteiger partial charge in [0.15, 0.2) is 0 Å². The number of rotatable bonds is 5. The first-order valence-electron chi connectivity index (χ1n) is 5.93. The van der Waals surface area contributed by atoms with E-state index in [4.69, 9.17) is 0 Å². The van der Waals surface area contributed by atoms with E-state index in [0.29, 0.717) is 5.92 Å². The van der Waals surface area contributed by atoms with E-state index in [1.807, 2.05) is 0 Å². The van der Waals surface area contributed by atoms with Crippen molar-refractivity contribution in [3.63, 3.8) is 0 Å². The fourth-order valence-corrected chi connectivity index (χ4v) is 2.29. The Kier molecular flexibility index (Phi) is 5.71. The van der Waals surface area contributed by atoms with E-state index in [1.54, 1.807) is 0 Å². The van der Waals surface area contributed by atoms with Crippen molar-refractivity contribution in [3.8, 4) is 0 Å². The molecule has 0 aromatic heterocycles. The molecular formula is C14H17NaO2. The maximum Gasteiger partial charge on any atom is 1.00 e. The normalized spacial score (nSPS) is 21.7. The molecule has 0 amide bonds. The molecule has 1 saturated carbocycles. The van der Waals surface area contributed by atoms with Crippen molar-refractivity contribution in [1.29, 1.82) is 0 Å². The molecule has 1 aliphatic rings. The second-order valence-electron chi connectivity index (χ2n) is 4.80. The van der Waals surface area contributed by atoms with Crippen molar-refractivity contribution >= 4 is 5.97 Å². The van der Waals surface area contributed by atoms with Crippen LogP contribution < -0.4 is 34.7 Å². The molecule has 0 saturated heterocycles. The molecule has 1 aromatic carbocycles. The first-order valence-corrected chi connectivity index (χ1v) is 5.93. The third-order valence-corrected chi connectivity index (χ3v) is 3.35. The predicted octanol–water partition coefficient (Wildman–Crippen LogP) is -1.29. The van der Waals surface area contributed by atoms with E-state index in [0.717, 1.165) is 25.7 Å². The van der Waals surface area contributed by atoms with Crippen molar-refractivity contribution in [2.45, 2.75) is 32.6 Å². The van der Waals surface area contributed by atoms with E-state index in [2.05, 4.69) is 31.2 Å². The summed E-state index contributed by atoms with van der Waals surface area (Å²) in [6.07, 6.45) is 3.98. The maximum atomic E-state index is 10.5. The van der Waals surface area contributed by atoms with Crippen molar-refractivity contribution in [3.05, 3.63) is 35.4 Å². The number of hydrogen-bond acceptors (Lipinski definition) is 2. The van der Waals surface area contributed by atoms with Crippen LogP contribution in [0.5, 0.6) is 0 Å². The summed E-state index contributed by atoms with van der Waals surface area (Å²) in [5.74, 6) is -0.632. The number of aliphatic carboxylic acids is 1. The van der Waals surface area contributed by atoms with Crippen LogP contribution in [0.2, 0.25) is 0 Å². The van der Waals surface area contributed by atoms with Gasteiger partial charge in [0, 0.05) is 11.9 Å². The van der Waals surface area contributed by atoms with Gasteiger partial charge in [-0.05, 0) is 44.1 Å². The smallest absolute Gasteiger partial charge is 0.550 e. The average Bonchev–Trinajstić information content (AvgIpc) is 2.97. The summed E-state index contributed by atoms with van der Waals surface area (Å²) in [6, 6.07) is 8.50. The molecule has 0 heterocycles. The van der Waals surface area contributed by atoms with Gasteiger partial charge in [-0.2, -0.15) is 0 Å². The van der Waals surface area contributed by atoms with Gasteiger partial charge in [-0.15, -0.1) is 0 Å². The molecule has 0 N–H and O–H groups in total. The van der Waals surface area contributed by atoms with Crippen LogP contribution in [-0.2, 0) is 11.2 Å². The Hall–Kier alpha value is -0.310. The minimum absolute atomic E-state index is 0. The standard InChI is InChI=1S/C14H18O2.Na/c1-10-4-2-5-11(8-10)6-3-7-12-9-13(12)14(15)16;/h2,4-5,8,12-13H,3,6-7,9H2,1H3,(H,15,16);/q;+1/p-1. The number of carbonyl (C=O) groups is 1. The van der Waals surface area contributed by atoms with Gasteiger partial charge in [0.2, 0.25) is 0 Å². The minimum Gasteiger partial charge on any atom is -0.550 e. The first-order chi connectivity index (χ1) is 7.66. The number of carbonyl (C=O) groups excluding carboxylic acids is 1. The molecular weight excluding hydrogens is 223 g/mol. The Labute approximate surface area is 125 Å². The summed E-state index contributed by atoms with van der Waals surface area (Å²) in [7, 11) is 0. The van der Waals surface area contributed by atoms with E-state index in [1.165, 1.54) is 11.1 Å². The number of carboxylic acid groups (broad SMARTS) is 1. The SMILES string of the molecule is Cc1cccc(CCCC2CC2C(=O)[O-])c1.[Na+]. The molecule has 86 valence electrons. The average molecular weight is 240 g/mol. The first kappa shape index (κ1) is 14.7. The third-order valence-electron chi connectivity index (χ3n) is 3.35. The summed E-state index contributed by atoms with van der Waals surface area (Å²) in [5.41, 5.74) is 2.64. The Morgan fingerprint density at radius 1 is 1.47 bits per heavy atom. The maximum absolute atomic E-state index is 10.5. The Morgan fingerprint density at radius 3 is 2.82 bits per heavy atom. The second-order valence-corrected chi connectivity index (χ2v) is 4.80. The summed E-state index contributed by atoms with van der Waals surface area (Å²) >= 11 is 0. The van der Waals surface area contributed by atoms with Crippen LogP contribution in [0.15, 0.2) is 24.3 Å². The monoisotopic (exact) mass is 240 g/mol. The third kappa shape index (κ3) is 4.46. The summed E-state index contributed by atoms with van der Waals surface area (Å²) in [5, 5.41) is 10.5. The Morgan fingerprint density at radius 2 is 2.24 bits per heavy atom. The predicted molar refractivity (Wildman–Crippen MR) is 60.7 cm³/mol. The molecule has 2 unspecified atom stereocenters. The van der Waals surface area contributed by atoms with Gasteiger partial charge in [0.25, 0.3) is 0 Å². The van der Waals surface area contributed by atoms with Crippen molar-refractivity contribution in [2.24, 2.45) is 11.8 Å². The van der Waals surface area contributed by atoms with E-state index in [9.17, 15) is 9.90 Å². The number of carboxylic acids is 1. The largest absolute Gasteiger partial charge is 1.00 e. The Balaban J connectivity index is 0.00000144. The quantitative estimate of drug-likeness (QED) is 0.601. The zero-order valence-electron chi connectivity index (χ0n) is 10.6. The molecule has 2 rings (SSSR count). The van der Waals surface area contributed by atoms with Crippen LogP contribution in [-0.4, -0.2) is 5.97 Å². The van der Waals surface area contributed by atoms with Gasteiger partial charge >= 0.3 is 29.6 Å². The molecule has 2 nitrogen and oxygen atoms in total. The zero-order chi connectivity index (χ0) is 11.5. The summed E-state index contributed by atoms with van der Waals surface area (Å²) < 4.78 is 0. The summed E-state index contributed by atoms with van der Waals surface area (Å²) in [4.78, 5) is 10.5. The van der Waals surface area contributed by atoms with Crippen LogP contribution in [0.25, 0.3) is 0 Å². The zero-order valence-corrected chi connectivity index (χ0v) is 12.6. The molecule has 2 atom stereocenters. The van der Waals surface area contributed by atoms with Gasteiger partial charge in [-0.25, -0.2) is 0 Å². The summed E-state index contributed by atoms with van der Waals surface area (Å²) in [6.45, 7) is 2.09. The molecule has 1 aliphatic carbocycles. The van der Waals surface area contributed by atoms with Crippen LogP contribution in [0, 0.1) is 18.8 Å². The van der Waals surface area contributed by atoms with Gasteiger partial charge in [0.05, 0.1) is 0 Å².